The number of carbonyl (C=O) groups is 1. The average molecular weight is 219 g/mol. The van der Waals surface area contributed by atoms with Crippen LogP contribution in [0.4, 0.5) is 4.79 Å². The number of unbranched alkanes of at least 4 members (excludes halogenated alkanes) is 1. The van der Waals surface area contributed by atoms with Crippen molar-refractivity contribution in [2.24, 2.45) is 0 Å². The predicted octanol–water partition coefficient (Wildman–Crippen LogP) is 2.98. The summed E-state index contributed by atoms with van der Waals surface area (Å²) in [6, 6.07) is 9.91. The van der Waals surface area contributed by atoms with Gasteiger partial charge in [0, 0.05) is 6.54 Å². The number of carbonyl (C=O) groups excluding carboxylic acids is 1. The van der Waals surface area contributed by atoms with Crippen molar-refractivity contribution >= 4 is 6.09 Å². The van der Waals surface area contributed by atoms with E-state index in [-0.39, 0.29) is 12.2 Å². The van der Waals surface area contributed by atoms with Gasteiger partial charge in [-0.15, -0.1) is 0 Å². The van der Waals surface area contributed by atoms with E-state index in [0.29, 0.717) is 6.54 Å². The third-order valence-electron chi connectivity index (χ3n) is 2.84. The molecule has 1 atom stereocenters. The molecular formula is C13H17NO2. The summed E-state index contributed by atoms with van der Waals surface area (Å²) in [5.41, 5.74) is 1.08. The fourth-order valence-electron chi connectivity index (χ4n) is 1.88. The van der Waals surface area contributed by atoms with E-state index >= 15 is 0 Å². The van der Waals surface area contributed by atoms with Crippen molar-refractivity contribution < 1.29 is 9.53 Å². The molecule has 1 unspecified atom stereocenters. The van der Waals surface area contributed by atoms with Crippen molar-refractivity contribution in [2.75, 3.05) is 13.1 Å². The Labute approximate surface area is 96.0 Å². The van der Waals surface area contributed by atoms with Crippen LogP contribution in [0.3, 0.4) is 0 Å². The first-order chi connectivity index (χ1) is 7.81. The molecule has 1 heterocycles. The molecular weight excluding hydrogens is 202 g/mol. The van der Waals surface area contributed by atoms with Gasteiger partial charge >= 0.3 is 6.09 Å². The Hall–Kier alpha value is -1.51. The molecule has 0 aromatic heterocycles. The van der Waals surface area contributed by atoms with Crippen molar-refractivity contribution in [2.45, 2.75) is 25.9 Å². The number of rotatable bonds is 4. The first kappa shape index (κ1) is 11.0. The van der Waals surface area contributed by atoms with E-state index in [2.05, 4.69) is 6.92 Å². The molecule has 3 heteroatoms. The Kier molecular flexibility index (Phi) is 3.44. The number of hydrogen-bond donors (Lipinski definition) is 0. The number of ether oxygens (including phenoxy) is 1. The van der Waals surface area contributed by atoms with Crippen molar-refractivity contribution in [3.8, 4) is 0 Å². The third-order valence-corrected chi connectivity index (χ3v) is 2.84. The first-order valence-electron chi connectivity index (χ1n) is 5.81. The zero-order chi connectivity index (χ0) is 11.4. The van der Waals surface area contributed by atoms with Crippen LogP contribution in [-0.4, -0.2) is 24.1 Å². The number of nitrogens with zero attached hydrogens (tertiary/aromatic N) is 1. The summed E-state index contributed by atoms with van der Waals surface area (Å²) < 4.78 is 5.34. The Morgan fingerprint density at radius 3 is 2.81 bits per heavy atom. The fraction of sp³-hybridized carbons (Fsp3) is 0.462. The zero-order valence-electron chi connectivity index (χ0n) is 9.56. The molecule has 0 saturated carbocycles. The Morgan fingerprint density at radius 1 is 1.38 bits per heavy atom. The van der Waals surface area contributed by atoms with Crippen LogP contribution in [0.15, 0.2) is 30.3 Å². The Balaban J connectivity index is 1.98. The molecule has 1 fully saturated rings. The van der Waals surface area contributed by atoms with Crippen LogP contribution in [-0.2, 0) is 4.74 Å². The highest BCUT2D eigenvalue weighted by molar-refractivity contribution is 5.70. The molecule has 0 radical (unpaired) electrons. The lowest BCUT2D eigenvalue weighted by atomic mass is 10.1. The SMILES string of the molecule is CCCCN1CC(c2ccccc2)OC1=O. The molecule has 3 nitrogen and oxygen atoms in total. The lowest BCUT2D eigenvalue weighted by Crippen LogP contribution is -2.25. The number of hydrogen-bond acceptors (Lipinski definition) is 2. The molecule has 1 aliphatic rings. The Bertz CT molecular complexity index is 350. The summed E-state index contributed by atoms with van der Waals surface area (Å²) in [6.45, 7) is 3.61. The minimum absolute atomic E-state index is 0.0921. The van der Waals surface area contributed by atoms with E-state index in [1.165, 1.54) is 0 Å². The smallest absolute Gasteiger partial charge is 0.410 e. The largest absolute Gasteiger partial charge is 0.439 e. The monoisotopic (exact) mass is 219 g/mol. The van der Waals surface area contributed by atoms with Gasteiger partial charge in [0.05, 0.1) is 6.54 Å². The second kappa shape index (κ2) is 5.01. The highest BCUT2D eigenvalue weighted by atomic mass is 16.6. The van der Waals surface area contributed by atoms with Gasteiger partial charge in [0.1, 0.15) is 6.10 Å². The lowest BCUT2D eigenvalue weighted by Gasteiger charge is -2.11. The minimum Gasteiger partial charge on any atom is -0.439 e. The van der Waals surface area contributed by atoms with Crippen molar-refractivity contribution in [3.05, 3.63) is 35.9 Å². The van der Waals surface area contributed by atoms with E-state index in [0.717, 1.165) is 24.9 Å². The number of cyclic esters (lactones) is 1. The van der Waals surface area contributed by atoms with E-state index in [1.54, 1.807) is 4.90 Å². The van der Waals surface area contributed by atoms with E-state index in [9.17, 15) is 4.79 Å². The summed E-state index contributed by atoms with van der Waals surface area (Å²) in [4.78, 5) is 13.4. The van der Waals surface area contributed by atoms with Crippen molar-refractivity contribution in [1.82, 2.24) is 4.90 Å². The molecule has 1 aliphatic heterocycles. The van der Waals surface area contributed by atoms with Crippen LogP contribution in [0.2, 0.25) is 0 Å². The van der Waals surface area contributed by atoms with Crippen LogP contribution in [0, 0.1) is 0 Å². The first-order valence-corrected chi connectivity index (χ1v) is 5.81. The second-order valence-electron chi connectivity index (χ2n) is 4.08. The van der Waals surface area contributed by atoms with Gasteiger partial charge in [-0.3, -0.25) is 0 Å². The maximum Gasteiger partial charge on any atom is 0.410 e. The topological polar surface area (TPSA) is 29.5 Å². The van der Waals surface area contributed by atoms with Gasteiger partial charge in [-0.25, -0.2) is 4.79 Å². The summed E-state index contributed by atoms with van der Waals surface area (Å²) in [7, 11) is 0. The highest BCUT2D eigenvalue weighted by Gasteiger charge is 2.31. The van der Waals surface area contributed by atoms with E-state index in [1.807, 2.05) is 30.3 Å². The van der Waals surface area contributed by atoms with Gasteiger partial charge < -0.3 is 9.64 Å². The zero-order valence-corrected chi connectivity index (χ0v) is 9.56. The van der Waals surface area contributed by atoms with Gasteiger partial charge in [0.2, 0.25) is 0 Å². The van der Waals surface area contributed by atoms with Crippen LogP contribution < -0.4 is 0 Å². The minimum atomic E-state index is -0.178. The highest BCUT2D eigenvalue weighted by Crippen LogP contribution is 2.25. The molecule has 1 amide bonds. The number of amides is 1. The van der Waals surface area contributed by atoms with Gasteiger partial charge in [0.25, 0.3) is 0 Å². The summed E-state index contributed by atoms with van der Waals surface area (Å²) >= 11 is 0. The van der Waals surface area contributed by atoms with E-state index in [4.69, 9.17) is 4.74 Å². The van der Waals surface area contributed by atoms with Gasteiger partial charge in [0.15, 0.2) is 0 Å². The van der Waals surface area contributed by atoms with Crippen LogP contribution in [0.1, 0.15) is 31.4 Å². The maximum atomic E-state index is 11.6. The molecule has 0 aliphatic carbocycles. The molecule has 1 aromatic rings. The fourth-order valence-corrected chi connectivity index (χ4v) is 1.88. The van der Waals surface area contributed by atoms with Gasteiger partial charge in [-0.05, 0) is 12.0 Å². The molecule has 0 N–H and O–H groups in total. The quantitative estimate of drug-likeness (QED) is 0.779. The molecule has 86 valence electrons. The Morgan fingerprint density at radius 2 is 2.12 bits per heavy atom. The summed E-state index contributed by atoms with van der Waals surface area (Å²) in [5, 5.41) is 0. The van der Waals surface area contributed by atoms with Crippen molar-refractivity contribution in [3.63, 3.8) is 0 Å². The van der Waals surface area contributed by atoms with Gasteiger partial charge in [-0.2, -0.15) is 0 Å². The van der Waals surface area contributed by atoms with Crippen molar-refractivity contribution in [1.29, 1.82) is 0 Å². The average Bonchev–Trinajstić information content (AvgIpc) is 2.69. The summed E-state index contributed by atoms with van der Waals surface area (Å²) in [5.74, 6) is 0. The second-order valence-corrected chi connectivity index (χ2v) is 4.08. The summed E-state index contributed by atoms with van der Waals surface area (Å²) in [6.07, 6.45) is 1.86. The van der Waals surface area contributed by atoms with E-state index < -0.39 is 0 Å². The molecule has 0 bridgehead atoms. The van der Waals surface area contributed by atoms with Crippen LogP contribution in [0.5, 0.6) is 0 Å². The molecule has 2 rings (SSSR count). The third kappa shape index (κ3) is 2.35. The lowest BCUT2D eigenvalue weighted by molar-refractivity contribution is 0.132. The van der Waals surface area contributed by atoms with Gasteiger partial charge in [-0.1, -0.05) is 43.7 Å². The normalized spacial score (nSPS) is 19.9. The predicted molar refractivity (Wildman–Crippen MR) is 62.1 cm³/mol. The molecule has 1 aromatic carbocycles. The van der Waals surface area contributed by atoms with Crippen LogP contribution >= 0.6 is 0 Å². The number of benzene rings is 1. The molecule has 16 heavy (non-hydrogen) atoms. The molecule has 0 spiro atoms. The standard InChI is InChI=1S/C13H17NO2/c1-2-3-9-14-10-12(16-13(14)15)11-7-5-4-6-8-11/h4-8,12H,2-3,9-10H2,1H3. The molecule has 1 saturated heterocycles. The van der Waals surface area contributed by atoms with Crippen LogP contribution in [0.25, 0.3) is 0 Å². The maximum absolute atomic E-state index is 11.6.